The standard InChI is InChI=1S/C76H148O17P2/c1-66(2)52-44-36-28-23-19-15-13-11-9-10-12-14-16-21-25-31-40-48-56-73(78)86-63-72(93-76(81)59-51-43-35-34-39-47-55-69(7)8)65-91-95(84,85)89-61-70(77)60-88-94(82,83)90-64-71(62-87-74(79)57-49-41-33-27-30-38-46-54-68(5)6)92-75(80)58-50-42-32-26-22-18-17-20-24-29-37-45-53-67(3)4/h66-72,77H,9-65H2,1-8H3,(H,82,83)(H,84,85)/t70?,71-,72-/m1/s1. The summed E-state index contributed by atoms with van der Waals surface area (Å²) in [6, 6.07) is 0. The maximum absolute atomic E-state index is 13.0. The Morgan fingerprint density at radius 1 is 0.263 bits per heavy atom. The molecule has 0 aromatic carbocycles. The van der Waals surface area contributed by atoms with E-state index in [1.54, 1.807) is 0 Å². The van der Waals surface area contributed by atoms with Crippen molar-refractivity contribution < 1.29 is 80.2 Å². The molecule has 0 rings (SSSR count). The summed E-state index contributed by atoms with van der Waals surface area (Å²) in [6.45, 7) is 14.1. The minimum Gasteiger partial charge on any atom is -0.462 e. The van der Waals surface area contributed by atoms with E-state index < -0.39 is 97.5 Å². The average Bonchev–Trinajstić information content (AvgIpc) is 2.20. The van der Waals surface area contributed by atoms with Crippen LogP contribution < -0.4 is 0 Å². The zero-order valence-electron chi connectivity index (χ0n) is 62.3. The highest BCUT2D eigenvalue weighted by molar-refractivity contribution is 7.47. The van der Waals surface area contributed by atoms with Crippen molar-refractivity contribution in [2.24, 2.45) is 23.7 Å². The Morgan fingerprint density at radius 3 is 0.653 bits per heavy atom. The van der Waals surface area contributed by atoms with Crippen molar-refractivity contribution in [2.45, 2.75) is 401 Å². The number of phosphoric ester groups is 2. The number of carbonyl (C=O) groups is 4. The molecule has 0 aromatic heterocycles. The number of phosphoric acid groups is 2. The van der Waals surface area contributed by atoms with E-state index in [2.05, 4.69) is 55.4 Å². The quantitative estimate of drug-likeness (QED) is 0.0222. The highest BCUT2D eigenvalue weighted by Gasteiger charge is 2.30. The number of hydrogen-bond acceptors (Lipinski definition) is 15. The first-order valence-corrected chi connectivity index (χ1v) is 42.2. The van der Waals surface area contributed by atoms with Crippen LogP contribution in [0, 0.1) is 23.7 Å². The Hall–Kier alpha value is -1.94. The molecule has 3 unspecified atom stereocenters. The van der Waals surface area contributed by atoms with Crippen LogP contribution >= 0.6 is 15.6 Å². The van der Waals surface area contributed by atoms with Gasteiger partial charge in [0.1, 0.15) is 19.3 Å². The summed E-state index contributed by atoms with van der Waals surface area (Å²) in [5, 5.41) is 10.6. The molecule has 19 heteroatoms. The topological polar surface area (TPSA) is 237 Å². The highest BCUT2D eigenvalue weighted by atomic mass is 31.2. The molecule has 17 nitrogen and oxygen atoms in total. The third-order valence-electron chi connectivity index (χ3n) is 17.6. The van der Waals surface area contributed by atoms with Gasteiger partial charge in [-0.2, -0.15) is 0 Å². The lowest BCUT2D eigenvalue weighted by Crippen LogP contribution is -2.30. The Kier molecular flexibility index (Phi) is 64.0. The number of rotatable bonds is 73. The molecule has 0 aliphatic rings. The first-order valence-electron chi connectivity index (χ1n) is 39.2. The van der Waals surface area contributed by atoms with Crippen LogP contribution in [0.15, 0.2) is 0 Å². The second-order valence-corrected chi connectivity index (χ2v) is 32.2. The minimum absolute atomic E-state index is 0.102. The van der Waals surface area contributed by atoms with E-state index >= 15 is 0 Å². The van der Waals surface area contributed by atoms with Crippen molar-refractivity contribution >= 4 is 39.5 Å². The number of esters is 4. The van der Waals surface area contributed by atoms with E-state index in [-0.39, 0.29) is 25.7 Å². The fraction of sp³-hybridized carbons (Fsp3) is 0.947. The predicted molar refractivity (Wildman–Crippen MR) is 386 cm³/mol. The molecule has 0 spiro atoms. The van der Waals surface area contributed by atoms with Gasteiger partial charge in [-0.3, -0.25) is 37.3 Å². The van der Waals surface area contributed by atoms with Gasteiger partial charge < -0.3 is 33.8 Å². The molecule has 0 radical (unpaired) electrons. The van der Waals surface area contributed by atoms with Crippen LogP contribution in [-0.2, 0) is 65.4 Å². The van der Waals surface area contributed by atoms with Gasteiger partial charge in [-0.05, 0) is 49.4 Å². The van der Waals surface area contributed by atoms with E-state index in [1.807, 2.05) is 0 Å². The lowest BCUT2D eigenvalue weighted by Gasteiger charge is -2.21. The van der Waals surface area contributed by atoms with Crippen LogP contribution in [0.2, 0.25) is 0 Å². The van der Waals surface area contributed by atoms with Gasteiger partial charge in [0.05, 0.1) is 26.4 Å². The van der Waals surface area contributed by atoms with Crippen LogP contribution in [0.3, 0.4) is 0 Å². The molecule has 0 fully saturated rings. The second-order valence-electron chi connectivity index (χ2n) is 29.3. The van der Waals surface area contributed by atoms with Crippen molar-refractivity contribution in [3.8, 4) is 0 Å². The van der Waals surface area contributed by atoms with Crippen LogP contribution in [-0.4, -0.2) is 96.7 Å². The number of aliphatic hydroxyl groups is 1. The normalized spacial score (nSPS) is 14.1. The Balaban J connectivity index is 5.12. The molecular weight excluding hydrogens is 1250 g/mol. The molecule has 95 heavy (non-hydrogen) atoms. The molecule has 0 amide bonds. The molecule has 0 aliphatic carbocycles. The zero-order valence-corrected chi connectivity index (χ0v) is 64.1. The van der Waals surface area contributed by atoms with E-state index in [0.29, 0.717) is 37.5 Å². The molecule has 0 saturated heterocycles. The average molecular weight is 1400 g/mol. The summed E-state index contributed by atoms with van der Waals surface area (Å²) in [7, 11) is -9.91. The number of aliphatic hydroxyl groups excluding tert-OH is 1. The maximum atomic E-state index is 13.0. The summed E-state index contributed by atoms with van der Waals surface area (Å²) in [5.74, 6) is 0.847. The summed E-state index contributed by atoms with van der Waals surface area (Å²) in [6.07, 6.45) is 50.4. The van der Waals surface area contributed by atoms with Gasteiger partial charge in [0, 0.05) is 25.7 Å². The molecule has 0 aliphatic heterocycles. The number of hydrogen-bond donors (Lipinski definition) is 3. The van der Waals surface area contributed by atoms with Crippen LogP contribution in [0.1, 0.15) is 383 Å². The van der Waals surface area contributed by atoms with Crippen LogP contribution in [0.4, 0.5) is 0 Å². The Bertz CT molecular complexity index is 1870. The zero-order chi connectivity index (χ0) is 70.3. The molecule has 3 N–H and O–H groups in total. The Labute approximate surface area is 581 Å². The summed E-state index contributed by atoms with van der Waals surface area (Å²) in [5.41, 5.74) is 0. The molecule has 5 atom stereocenters. The van der Waals surface area contributed by atoms with E-state index in [9.17, 15) is 43.2 Å². The van der Waals surface area contributed by atoms with Crippen molar-refractivity contribution in [1.29, 1.82) is 0 Å². The van der Waals surface area contributed by atoms with Crippen molar-refractivity contribution in [3.63, 3.8) is 0 Å². The number of ether oxygens (including phenoxy) is 4. The smallest absolute Gasteiger partial charge is 0.462 e. The van der Waals surface area contributed by atoms with Gasteiger partial charge in [-0.15, -0.1) is 0 Å². The highest BCUT2D eigenvalue weighted by Crippen LogP contribution is 2.45. The molecule has 0 bridgehead atoms. The van der Waals surface area contributed by atoms with Gasteiger partial charge in [0.25, 0.3) is 0 Å². The van der Waals surface area contributed by atoms with Gasteiger partial charge in [0.15, 0.2) is 12.2 Å². The van der Waals surface area contributed by atoms with Gasteiger partial charge in [0.2, 0.25) is 0 Å². The largest absolute Gasteiger partial charge is 0.472 e. The number of unbranched alkanes of at least 4 members (excludes halogenated alkanes) is 39. The van der Waals surface area contributed by atoms with E-state index in [1.165, 1.54) is 180 Å². The molecule has 0 aromatic rings. The third-order valence-corrected chi connectivity index (χ3v) is 19.5. The first-order chi connectivity index (χ1) is 45.6. The SMILES string of the molecule is CC(C)CCCCCCCCCCCCCCCCCCCCC(=O)OC[C@H](COP(=O)(O)OCC(O)COP(=O)(O)OC[C@@H](COC(=O)CCCCCCCCCC(C)C)OC(=O)CCCCCCCCCCCCCCC(C)C)OC(=O)CCCCCCCCC(C)C. The molecular formula is C76H148O17P2. The lowest BCUT2D eigenvalue weighted by molar-refractivity contribution is -0.161. The number of carbonyl (C=O) groups excluding carboxylic acids is 4. The fourth-order valence-electron chi connectivity index (χ4n) is 11.6. The monoisotopic (exact) mass is 1400 g/mol. The van der Waals surface area contributed by atoms with E-state index in [0.717, 1.165) is 108 Å². The summed E-state index contributed by atoms with van der Waals surface area (Å²) in [4.78, 5) is 72.7. The maximum Gasteiger partial charge on any atom is 0.472 e. The summed E-state index contributed by atoms with van der Waals surface area (Å²) >= 11 is 0. The molecule has 564 valence electrons. The van der Waals surface area contributed by atoms with E-state index in [4.69, 9.17) is 37.0 Å². The first kappa shape index (κ1) is 93.1. The predicted octanol–water partition coefficient (Wildman–Crippen LogP) is 22.0. The van der Waals surface area contributed by atoms with Gasteiger partial charge in [-0.25, -0.2) is 9.13 Å². The minimum atomic E-state index is -4.95. The van der Waals surface area contributed by atoms with Crippen molar-refractivity contribution in [2.75, 3.05) is 39.6 Å². The van der Waals surface area contributed by atoms with Crippen LogP contribution in [0.25, 0.3) is 0 Å². The van der Waals surface area contributed by atoms with Gasteiger partial charge >= 0.3 is 39.5 Å². The Morgan fingerprint density at radius 2 is 0.442 bits per heavy atom. The molecule has 0 heterocycles. The summed E-state index contributed by atoms with van der Waals surface area (Å²) < 4.78 is 68.4. The molecule has 0 saturated carbocycles. The second kappa shape index (κ2) is 65.4. The van der Waals surface area contributed by atoms with Crippen molar-refractivity contribution in [3.05, 3.63) is 0 Å². The lowest BCUT2D eigenvalue weighted by atomic mass is 10.0. The van der Waals surface area contributed by atoms with Crippen LogP contribution in [0.5, 0.6) is 0 Å². The van der Waals surface area contributed by atoms with Gasteiger partial charge in [-0.1, -0.05) is 331 Å². The fourth-order valence-corrected chi connectivity index (χ4v) is 13.1. The third kappa shape index (κ3) is 70.3. The van der Waals surface area contributed by atoms with Crippen molar-refractivity contribution in [1.82, 2.24) is 0 Å².